The Morgan fingerprint density at radius 2 is 1.67 bits per heavy atom. The summed E-state index contributed by atoms with van der Waals surface area (Å²) in [4.78, 5) is 0. The molecule has 2 aliphatic rings. The van der Waals surface area contributed by atoms with Crippen molar-refractivity contribution < 1.29 is 0 Å². The predicted octanol–water partition coefficient (Wildman–Crippen LogP) is 3.45. The van der Waals surface area contributed by atoms with Crippen LogP contribution >= 0.6 is 0 Å². The molecule has 0 amide bonds. The summed E-state index contributed by atoms with van der Waals surface area (Å²) in [7, 11) is 0. The highest BCUT2D eigenvalue weighted by Crippen LogP contribution is 2.70. The second-order valence-corrected chi connectivity index (χ2v) is 6.70. The molecule has 1 heteroatoms. The summed E-state index contributed by atoms with van der Waals surface area (Å²) in [5.74, 6) is 1.85. The summed E-state index contributed by atoms with van der Waals surface area (Å²) in [5.41, 5.74) is 1.07. The first-order valence-corrected chi connectivity index (χ1v) is 6.66. The lowest BCUT2D eigenvalue weighted by molar-refractivity contribution is 0.193. The summed E-state index contributed by atoms with van der Waals surface area (Å²) < 4.78 is 0. The first-order valence-electron chi connectivity index (χ1n) is 6.66. The van der Waals surface area contributed by atoms with E-state index in [2.05, 4.69) is 39.9 Å². The van der Waals surface area contributed by atoms with Crippen molar-refractivity contribution in [2.75, 3.05) is 6.54 Å². The van der Waals surface area contributed by atoms with Gasteiger partial charge in [0.2, 0.25) is 0 Å². The number of rotatable bonds is 4. The Hall–Kier alpha value is -0.0400. The van der Waals surface area contributed by atoms with Crippen LogP contribution < -0.4 is 5.32 Å². The molecular formula is C14H27N. The van der Waals surface area contributed by atoms with Crippen molar-refractivity contribution in [3.8, 4) is 0 Å². The quantitative estimate of drug-likeness (QED) is 0.748. The molecule has 2 saturated carbocycles. The van der Waals surface area contributed by atoms with Crippen molar-refractivity contribution in [1.82, 2.24) is 5.32 Å². The maximum atomic E-state index is 3.76. The van der Waals surface area contributed by atoms with Crippen LogP contribution in [-0.2, 0) is 0 Å². The monoisotopic (exact) mass is 209 g/mol. The second kappa shape index (κ2) is 3.48. The van der Waals surface area contributed by atoms with Gasteiger partial charge < -0.3 is 5.32 Å². The largest absolute Gasteiger partial charge is 0.314 e. The molecule has 0 saturated heterocycles. The zero-order valence-electron chi connectivity index (χ0n) is 11.1. The van der Waals surface area contributed by atoms with E-state index in [0.717, 1.165) is 24.4 Å². The lowest BCUT2D eigenvalue weighted by Gasteiger charge is -2.36. The van der Waals surface area contributed by atoms with Crippen LogP contribution in [0.25, 0.3) is 0 Å². The maximum Gasteiger partial charge on any atom is 0.0134 e. The van der Waals surface area contributed by atoms with E-state index in [1.807, 2.05) is 0 Å². The molecule has 0 aliphatic heterocycles. The zero-order valence-corrected chi connectivity index (χ0v) is 11.1. The van der Waals surface area contributed by atoms with Crippen LogP contribution in [0.4, 0.5) is 0 Å². The molecule has 0 heterocycles. The predicted molar refractivity (Wildman–Crippen MR) is 65.9 cm³/mol. The highest BCUT2D eigenvalue weighted by Gasteiger charge is 2.67. The molecule has 0 spiro atoms. The van der Waals surface area contributed by atoms with Gasteiger partial charge in [-0.05, 0) is 42.1 Å². The van der Waals surface area contributed by atoms with Crippen molar-refractivity contribution in [2.45, 2.75) is 59.9 Å². The molecule has 0 aromatic carbocycles. The van der Waals surface area contributed by atoms with Gasteiger partial charge in [0.1, 0.15) is 0 Å². The van der Waals surface area contributed by atoms with Crippen LogP contribution in [-0.4, -0.2) is 12.6 Å². The summed E-state index contributed by atoms with van der Waals surface area (Å²) in [6, 6.07) is 0.786. The summed E-state index contributed by atoms with van der Waals surface area (Å²) in [5, 5.41) is 3.76. The Morgan fingerprint density at radius 3 is 1.93 bits per heavy atom. The lowest BCUT2D eigenvalue weighted by Crippen LogP contribution is -2.42. The minimum atomic E-state index is 0.537. The molecule has 1 atom stereocenters. The molecule has 2 fully saturated rings. The van der Waals surface area contributed by atoms with Gasteiger partial charge in [-0.3, -0.25) is 0 Å². The third kappa shape index (κ3) is 1.54. The van der Waals surface area contributed by atoms with Crippen LogP contribution in [0.2, 0.25) is 0 Å². The van der Waals surface area contributed by atoms with Gasteiger partial charge in [0.05, 0.1) is 0 Å². The highest BCUT2D eigenvalue weighted by atomic mass is 15.0. The topological polar surface area (TPSA) is 12.0 Å². The van der Waals surface area contributed by atoms with Gasteiger partial charge in [0.25, 0.3) is 0 Å². The van der Waals surface area contributed by atoms with Crippen LogP contribution in [0.3, 0.4) is 0 Å². The van der Waals surface area contributed by atoms with Crippen LogP contribution in [0.1, 0.15) is 53.9 Å². The van der Waals surface area contributed by atoms with Gasteiger partial charge in [-0.1, -0.05) is 41.0 Å². The summed E-state index contributed by atoms with van der Waals surface area (Å²) in [6.07, 6.45) is 4.38. The van der Waals surface area contributed by atoms with Gasteiger partial charge >= 0.3 is 0 Å². The van der Waals surface area contributed by atoms with Crippen LogP contribution in [0.15, 0.2) is 0 Å². The van der Waals surface area contributed by atoms with E-state index >= 15 is 0 Å². The third-order valence-corrected chi connectivity index (χ3v) is 5.59. The van der Waals surface area contributed by atoms with Crippen molar-refractivity contribution in [2.24, 2.45) is 22.7 Å². The fourth-order valence-electron chi connectivity index (χ4n) is 3.74. The Bertz CT molecular complexity index is 224. The number of hydrogen-bond acceptors (Lipinski definition) is 1. The van der Waals surface area contributed by atoms with Crippen molar-refractivity contribution >= 4 is 0 Å². The first kappa shape index (κ1) is 11.4. The van der Waals surface area contributed by atoms with E-state index in [1.165, 1.54) is 19.3 Å². The number of hydrogen-bond donors (Lipinski definition) is 1. The van der Waals surface area contributed by atoms with Crippen LogP contribution in [0, 0.1) is 22.7 Å². The summed E-state index contributed by atoms with van der Waals surface area (Å²) in [6.45, 7) is 13.2. The minimum absolute atomic E-state index is 0.537. The SMILES string of the molecule is CCNC(C1CCC1)C1C(C)(C)C1(C)C. The molecule has 0 bridgehead atoms. The Kier molecular flexibility index (Phi) is 2.65. The fraction of sp³-hybridized carbons (Fsp3) is 1.00. The molecule has 1 N–H and O–H groups in total. The van der Waals surface area contributed by atoms with E-state index in [4.69, 9.17) is 0 Å². The molecule has 2 rings (SSSR count). The molecule has 0 aromatic heterocycles. The second-order valence-electron chi connectivity index (χ2n) is 6.70. The average molecular weight is 209 g/mol. The molecule has 1 unspecified atom stereocenters. The van der Waals surface area contributed by atoms with E-state index in [9.17, 15) is 0 Å². The third-order valence-electron chi connectivity index (χ3n) is 5.59. The van der Waals surface area contributed by atoms with E-state index < -0.39 is 0 Å². The summed E-state index contributed by atoms with van der Waals surface area (Å²) >= 11 is 0. The van der Waals surface area contributed by atoms with Crippen molar-refractivity contribution in [3.05, 3.63) is 0 Å². The fourth-order valence-corrected chi connectivity index (χ4v) is 3.74. The molecule has 1 nitrogen and oxygen atoms in total. The molecule has 0 aromatic rings. The Morgan fingerprint density at radius 1 is 1.13 bits per heavy atom. The van der Waals surface area contributed by atoms with E-state index in [0.29, 0.717) is 10.8 Å². The molecule has 0 radical (unpaired) electrons. The molecule has 88 valence electrons. The smallest absolute Gasteiger partial charge is 0.0134 e. The lowest BCUT2D eigenvalue weighted by atomic mass is 9.76. The minimum Gasteiger partial charge on any atom is -0.314 e. The van der Waals surface area contributed by atoms with E-state index in [1.54, 1.807) is 0 Å². The van der Waals surface area contributed by atoms with Gasteiger partial charge in [0.15, 0.2) is 0 Å². The van der Waals surface area contributed by atoms with Gasteiger partial charge in [0, 0.05) is 6.04 Å². The Labute approximate surface area is 95.0 Å². The average Bonchev–Trinajstić information content (AvgIpc) is 2.38. The normalized spacial score (nSPS) is 31.0. The maximum absolute atomic E-state index is 3.76. The number of nitrogens with one attached hydrogen (secondary N) is 1. The van der Waals surface area contributed by atoms with E-state index in [-0.39, 0.29) is 0 Å². The molecule has 15 heavy (non-hydrogen) atoms. The van der Waals surface area contributed by atoms with Crippen LogP contribution in [0.5, 0.6) is 0 Å². The van der Waals surface area contributed by atoms with Crippen molar-refractivity contribution in [1.29, 1.82) is 0 Å². The highest BCUT2D eigenvalue weighted by molar-refractivity contribution is 5.17. The van der Waals surface area contributed by atoms with Gasteiger partial charge in [-0.2, -0.15) is 0 Å². The molecular weight excluding hydrogens is 182 g/mol. The first-order chi connectivity index (χ1) is 6.93. The van der Waals surface area contributed by atoms with Crippen molar-refractivity contribution in [3.63, 3.8) is 0 Å². The standard InChI is InChI=1S/C14H27N/c1-6-15-11(10-8-7-9-10)12-13(2,3)14(12,4)5/h10-12,15H,6-9H2,1-5H3. The van der Waals surface area contributed by atoms with Gasteiger partial charge in [-0.25, -0.2) is 0 Å². The zero-order chi connectivity index (χ0) is 11.3. The van der Waals surface area contributed by atoms with Gasteiger partial charge in [-0.15, -0.1) is 0 Å². The molecule has 2 aliphatic carbocycles. The Balaban J connectivity index is 2.06.